The van der Waals surface area contributed by atoms with Gasteiger partial charge in [0.25, 0.3) is 0 Å². The minimum Gasteiger partial charge on any atom is -0.0622 e. The van der Waals surface area contributed by atoms with Crippen molar-refractivity contribution in [2.75, 3.05) is 0 Å². The average Bonchev–Trinajstić information content (AvgIpc) is 3.53. The third-order valence-electron chi connectivity index (χ3n) is 10.4. The molecular weight excluding hydrogens is 601 g/mol. The van der Waals surface area contributed by atoms with E-state index < -0.39 is 0 Å². The molecule has 0 bridgehead atoms. The maximum absolute atomic E-state index is 2.50. The van der Waals surface area contributed by atoms with Crippen LogP contribution in [0.2, 0.25) is 0 Å². The van der Waals surface area contributed by atoms with Crippen molar-refractivity contribution in [3.8, 4) is 77.9 Å². The first-order valence-electron chi connectivity index (χ1n) is 17.4. The van der Waals surface area contributed by atoms with Crippen molar-refractivity contribution >= 4 is 21.5 Å². The SMILES string of the molecule is c1ccc(-c2cc3c(-c4ccccc4)c4c(c(-c5ccccc5)c3c(-c3ccccc3)c2-c2ccccc2)-c2cccc3cccc-4c23)cc1. The molecule has 0 saturated heterocycles. The van der Waals surface area contributed by atoms with Gasteiger partial charge in [0.15, 0.2) is 0 Å². The highest BCUT2D eigenvalue weighted by molar-refractivity contribution is 6.31. The van der Waals surface area contributed by atoms with Gasteiger partial charge in [0.2, 0.25) is 0 Å². The van der Waals surface area contributed by atoms with Crippen molar-refractivity contribution in [2.24, 2.45) is 0 Å². The standard InChI is InChI=1S/C50H32/c1-6-18-33(19-7-1)41-32-42-45(36-22-10-3-11-23-36)48-39-30-16-28-34-29-17-31-40(43(34)39)49(48)47(38-26-14-5-15-27-38)50(42)46(37-24-12-4-13-25-37)44(41)35-20-8-2-9-21-35/h1-32H. The highest BCUT2D eigenvalue weighted by atomic mass is 14.3. The Bertz CT molecular complexity index is 2690. The van der Waals surface area contributed by atoms with Crippen LogP contribution in [-0.4, -0.2) is 0 Å². The Morgan fingerprint density at radius 1 is 0.220 bits per heavy atom. The maximum Gasteiger partial charge on any atom is -0.000719 e. The largest absolute Gasteiger partial charge is 0.0622 e. The zero-order chi connectivity index (χ0) is 33.0. The minimum atomic E-state index is 1.21. The smallest absolute Gasteiger partial charge is 0.000719 e. The highest BCUT2D eigenvalue weighted by Gasteiger charge is 2.33. The molecule has 0 aliphatic heterocycles. The Hall–Kier alpha value is -6.50. The fourth-order valence-corrected chi connectivity index (χ4v) is 8.39. The molecule has 9 aromatic carbocycles. The van der Waals surface area contributed by atoms with Crippen molar-refractivity contribution in [3.63, 3.8) is 0 Å². The molecule has 0 heterocycles. The topological polar surface area (TPSA) is 0 Å². The van der Waals surface area contributed by atoms with Crippen LogP contribution in [-0.2, 0) is 0 Å². The number of hydrogen-bond donors (Lipinski definition) is 0. The molecule has 9 aromatic rings. The van der Waals surface area contributed by atoms with Gasteiger partial charge in [-0.1, -0.05) is 188 Å². The molecule has 10 rings (SSSR count). The van der Waals surface area contributed by atoms with E-state index in [0.717, 1.165) is 0 Å². The normalized spacial score (nSPS) is 11.6. The monoisotopic (exact) mass is 632 g/mol. The highest BCUT2D eigenvalue weighted by Crippen LogP contribution is 2.60. The van der Waals surface area contributed by atoms with E-state index in [1.807, 2.05) is 0 Å². The van der Waals surface area contributed by atoms with E-state index in [2.05, 4.69) is 194 Å². The minimum absolute atomic E-state index is 1.21. The van der Waals surface area contributed by atoms with Crippen molar-refractivity contribution < 1.29 is 0 Å². The summed E-state index contributed by atoms with van der Waals surface area (Å²) in [5.74, 6) is 0. The lowest BCUT2D eigenvalue weighted by Crippen LogP contribution is -1.99. The summed E-state index contributed by atoms with van der Waals surface area (Å²) in [5.41, 5.74) is 17.6. The summed E-state index contributed by atoms with van der Waals surface area (Å²) in [5, 5.41) is 5.15. The third kappa shape index (κ3) is 4.32. The Kier molecular flexibility index (Phi) is 6.60. The summed E-state index contributed by atoms with van der Waals surface area (Å²) < 4.78 is 0. The summed E-state index contributed by atoms with van der Waals surface area (Å²) in [6, 6.07) is 71.2. The zero-order valence-electron chi connectivity index (χ0n) is 27.5. The second-order valence-corrected chi connectivity index (χ2v) is 13.1. The summed E-state index contributed by atoms with van der Waals surface area (Å²) in [6.45, 7) is 0. The van der Waals surface area contributed by atoms with Crippen LogP contribution in [0.1, 0.15) is 0 Å². The first-order chi connectivity index (χ1) is 24.9. The van der Waals surface area contributed by atoms with Crippen molar-refractivity contribution in [1.29, 1.82) is 0 Å². The van der Waals surface area contributed by atoms with Crippen molar-refractivity contribution in [1.82, 2.24) is 0 Å². The molecule has 1 aliphatic rings. The second kappa shape index (κ2) is 11.6. The van der Waals surface area contributed by atoms with E-state index >= 15 is 0 Å². The quantitative estimate of drug-likeness (QED) is 0.177. The molecule has 0 N–H and O–H groups in total. The first kappa shape index (κ1) is 28.5. The summed E-state index contributed by atoms with van der Waals surface area (Å²) in [7, 11) is 0. The molecule has 232 valence electrons. The van der Waals surface area contributed by atoms with E-state index in [1.54, 1.807) is 0 Å². The summed E-state index contributed by atoms with van der Waals surface area (Å²) in [4.78, 5) is 0. The maximum atomic E-state index is 2.50. The van der Waals surface area contributed by atoms with Crippen LogP contribution in [0.5, 0.6) is 0 Å². The number of benzene rings is 9. The Balaban J connectivity index is 1.55. The lowest BCUT2D eigenvalue weighted by molar-refractivity contribution is 1.57. The van der Waals surface area contributed by atoms with Crippen molar-refractivity contribution in [3.05, 3.63) is 194 Å². The molecule has 0 atom stereocenters. The van der Waals surface area contributed by atoms with Gasteiger partial charge >= 0.3 is 0 Å². The summed E-state index contributed by atoms with van der Waals surface area (Å²) >= 11 is 0. The molecule has 0 saturated carbocycles. The van der Waals surface area contributed by atoms with Gasteiger partial charge in [-0.05, 0) is 105 Å². The van der Waals surface area contributed by atoms with Gasteiger partial charge in [-0.25, -0.2) is 0 Å². The van der Waals surface area contributed by atoms with E-state index in [4.69, 9.17) is 0 Å². The van der Waals surface area contributed by atoms with Gasteiger partial charge in [-0.3, -0.25) is 0 Å². The van der Waals surface area contributed by atoms with Crippen LogP contribution >= 0.6 is 0 Å². The lowest BCUT2D eigenvalue weighted by Gasteiger charge is -2.26. The molecule has 0 heteroatoms. The molecule has 0 radical (unpaired) electrons. The molecule has 0 nitrogen and oxygen atoms in total. The number of hydrogen-bond acceptors (Lipinski definition) is 0. The number of fused-ring (bicyclic) bond motifs is 4. The van der Waals surface area contributed by atoms with Gasteiger partial charge in [0.1, 0.15) is 0 Å². The molecule has 1 aliphatic carbocycles. The molecule has 0 spiro atoms. The van der Waals surface area contributed by atoms with E-state index in [0.29, 0.717) is 0 Å². The molecular formula is C50H32. The van der Waals surface area contributed by atoms with Crippen LogP contribution in [0.25, 0.3) is 99.4 Å². The van der Waals surface area contributed by atoms with Crippen LogP contribution in [0, 0.1) is 0 Å². The van der Waals surface area contributed by atoms with Gasteiger partial charge < -0.3 is 0 Å². The first-order valence-corrected chi connectivity index (χ1v) is 17.4. The van der Waals surface area contributed by atoms with Crippen LogP contribution in [0.15, 0.2) is 194 Å². The van der Waals surface area contributed by atoms with Crippen molar-refractivity contribution in [2.45, 2.75) is 0 Å². The van der Waals surface area contributed by atoms with Crippen LogP contribution in [0.3, 0.4) is 0 Å². The van der Waals surface area contributed by atoms with E-state index in [1.165, 1.54) is 99.4 Å². The lowest BCUT2D eigenvalue weighted by atomic mass is 9.76. The second-order valence-electron chi connectivity index (χ2n) is 13.1. The summed E-state index contributed by atoms with van der Waals surface area (Å²) in [6.07, 6.45) is 0. The van der Waals surface area contributed by atoms with E-state index in [-0.39, 0.29) is 0 Å². The van der Waals surface area contributed by atoms with Gasteiger partial charge in [-0.2, -0.15) is 0 Å². The fraction of sp³-hybridized carbons (Fsp3) is 0. The Morgan fingerprint density at radius 2 is 0.600 bits per heavy atom. The predicted octanol–water partition coefficient (Wildman–Crippen LogP) is 14.0. The Morgan fingerprint density at radius 3 is 1.08 bits per heavy atom. The van der Waals surface area contributed by atoms with Crippen LogP contribution in [0.4, 0.5) is 0 Å². The fourth-order valence-electron chi connectivity index (χ4n) is 8.39. The van der Waals surface area contributed by atoms with E-state index in [9.17, 15) is 0 Å². The van der Waals surface area contributed by atoms with Gasteiger partial charge in [0.05, 0.1) is 0 Å². The molecule has 50 heavy (non-hydrogen) atoms. The number of rotatable bonds is 5. The Labute approximate surface area is 292 Å². The molecule has 0 unspecified atom stereocenters. The third-order valence-corrected chi connectivity index (χ3v) is 10.4. The van der Waals surface area contributed by atoms with Gasteiger partial charge in [-0.15, -0.1) is 0 Å². The molecule has 0 amide bonds. The molecule has 0 aromatic heterocycles. The molecule has 0 fully saturated rings. The average molecular weight is 633 g/mol. The van der Waals surface area contributed by atoms with Gasteiger partial charge in [0, 0.05) is 0 Å². The zero-order valence-corrected chi connectivity index (χ0v) is 27.5. The van der Waals surface area contributed by atoms with Crippen LogP contribution < -0.4 is 0 Å². The predicted molar refractivity (Wildman–Crippen MR) is 213 cm³/mol.